The van der Waals surface area contributed by atoms with Gasteiger partial charge in [-0.25, -0.2) is 0 Å². The molecule has 0 saturated carbocycles. The molecule has 2 aromatic heterocycles. The lowest BCUT2D eigenvalue weighted by Gasteiger charge is -2.10. The summed E-state index contributed by atoms with van der Waals surface area (Å²) < 4.78 is 5.04. The molecule has 6 heteroatoms. The van der Waals surface area contributed by atoms with Gasteiger partial charge in [0, 0.05) is 10.4 Å². The fraction of sp³-hybridized carbons (Fsp3) is 0.0833. The van der Waals surface area contributed by atoms with Gasteiger partial charge in [-0.3, -0.25) is 0 Å². The highest BCUT2D eigenvalue weighted by Gasteiger charge is 2.21. The van der Waals surface area contributed by atoms with Gasteiger partial charge in [0.2, 0.25) is 5.88 Å². The van der Waals surface area contributed by atoms with E-state index in [-0.39, 0.29) is 22.8 Å². The molecule has 0 bridgehead atoms. The zero-order chi connectivity index (χ0) is 13.1. The van der Waals surface area contributed by atoms with Crippen molar-refractivity contribution in [1.29, 1.82) is 10.5 Å². The SMILES string of the molecule is COc1nc(N)c(C#N)c(-c2cccs2)c1C#N. The van der Waals surface area contributed by atoms with Gasteiger partial charge < -0.3 is 10.5 Å². The van der Waals surface area contributed by atoms with Crippen LogP contribution in [0.4, 0.5) is 5.82 Å². The maximum Gasteiger partial charge on any atom is 0.234 e. The van der Waals surface area contributed by atoms with Gasteiger partial charge in [0.1, 0.15) is 29.1 Å². The summed E-state index contributed by atoms with van der Waals surface area (Å²) in [7, 11) is 1.41. The summed E-state index contributed by atoms with van der Waals surface area (Å²) in [6.07, 6.45) is 0. The molecule has 2 rings (SSSR count). The van der Waals surface area contributed by atoms with Gasteiger partial charge >= 0.3 is 0 Å². The standard InChI is InChI=1S/C12H8N4OS/c1-17-12-8(6-14)10(9-3-2-4-18-9)7(5-13)11(15)16-12/h2-4H,1H3,(H2,15,16). The number of ether oxygens (including phenoxy) is 1. The Morgan fingerprint density at radius 3 is 2.56 bits per heavy atom. The zero-order valence-corrected chi connectivity index (χ0v) is 10.3. The van der Waals surface area contributed by atoms with Crippen LogP contribution in [0.25, 0.3) is 10.4 Å². The Morgan fingerprint density at radius 2 is 2.06 bits per heavy atom. The molecule has 0 unspecified atom stereocenters. The summed E-state index contributed by atoms with van der Waals surface area (Å²) in [5.41, 5.74) is 6.64. The van der Waals surface area contributed by atoms with Crippen molar-refractivity contribution < 1.29 is 4.74 Å². The van der Waals surface area contributed by atoms with Crippen LogP contribution in [0.1, 0.15) is 11.1 Å². The van der Waals surface area contributed by atoms with Crippen LogP contribution < -0.4 is 10.5 Å². The van der Waals surface area contributed by atoms with Gasteiger partial charge in [0.15, 0.2) is 0 Å². The molecule has 5 nitrogen and oxygen atoms in total. The highest BCUT2D eigenvalue weighted by molar-refractivity contribution is 7.13. The van der Waals surface area contributed by atoms with Crippen molar-refractivity contribution in [1.82, 2.24) is 4.98 Å². The number of hydrogen-bond acceptors (Lipinski definition) is 6. The van der Waals surface area contributed by atoms with Crippen LogP contribution in [-0.2, 0) is 0 Å². The molecule has 18 heavy (non-hydrogen) atoms. The van der Waals surface area contributed by atoms with Gasteiger partial charge in [0.25, 0.3) is 0 Å². The second-order valence-corrected chi connectivity index (χ2v) is 4.28. The van der Waals surface area contributed by atoms with Crippen molar-refractivity contribution in [2.45, 2.75) is 0 Å². The average Bonchev–Trinajstić information content (AvgIpc) is 2.90. The quantitative estimate of drug-likeness (QED) is 0.888. The van der Waals surface area contributed by atoms with Crippen molar-refractivity contribution in [2.24, 2.45) is 0 Å². The average molecular weight is 256 g/mol. The lowest BCUT2D eigenvalue weighted by molar-refractivity contribution is 0.397. The third kappa shape index (κ3) is 1.75. The van der Waals surface area contributed by atoms with E-state index >= 15 is 0 Å². The van der Waals surface area contributed by atoms with Crippen molar-refractivity contribution in [2.75, 3.05) is 12.8 Å². The van der Waals surface area contributed by atoms with Crippen LogP contribution in [0.2, 0.25) is 0 Å². The van der Waals surface area contributed by atoms with E-state index < -0.39 is 0 Å². The van der Waals surface area contributed by atoms with Gasteiger partial charge in [0.05, 0.1) is 7.11 Å². The number of aromatic nitrogens is 1. The first-order chi connectivity index (χ1) is 8.72. The molecule has 2 aromatic rings. The maximum atomic E-state index is 9.22. The highest BCUT2D eigenvalue weighted by atomic mass is 32.1. The largest absolute Gasteiger partial charge is 0.480 e. The molecule has 0 fully saturated rings. The third-order valence-electron chi connectivity index (χ3n) is 2.38. The number of pyridine rings is 1. The van der Waals surface area contributed by atoms with Crippen LogP contribution in [0.5, 0.6) is 5.88 Å². The van der Waals surface area contributed by atoms with Crippen molar-refractivity contribution in [3.8, 4) is 28.5 Å². The number of hydrogen-bond donors (Lipinski definition) is 1. The van der Waals surface area contributed by atoms with E-state index in [1.165, 1.54) is 18.4 Å². The Bertz CT molecular complexity index is 665. The van der Waals surface area contributed by atoms with E-state index in [0.717, 1.165) is 4.88 Å². The summed E-state index contributed by atoms with van der Waals surface area (Å²) in [5, 5.41) is 20.3. The fourth-order valence-corrected chi connectivity index (χ4v) is 2.40. The van der Waals surface area contributed by atoms with Gasteiger partial charge in [-0.1, -0.05) is 6.07 Å². The first-order valence-corrected chi connectivity index (χ1v) is 5.82. The second kappa shape index (κ2) is 4.74. The predicted molar refractivity (Wildman–Crippen MR) is 67.9 cm³/mol. The predicted octanol–water partition coefficient (Wildman–Crippen LogP) is 2.14. The highest BCUT2D eigenvalue weighted by Crippen LogP contribution is 2.36. The molecule has 0 aliphatic rings. The number of rotatable bonds is 2. The van der Waals surface area contributed by atoms with Crippen molar-refractivity contribution >= 4 is 17.2 Å². The number of nitrogens with zero attached hydrogens (tertiary/aromatic N) is 3. The molecular weight excluding hydrogens is 248 g/mol. The first kappa shape index (κ1) is 11.9. The van der Waals surface area contributed by atoms with E-state index in [4.69, 9.17) is 15.7 Å². The molecule has 88 valence electrons. The Balaban J connectivity index is 2.88. The number of anilines is 1. The minimum atomic E-state index is 0.0664. The van der Waals surface area contributed by atoms with E-state index in [9.17, 15) is 5.26 Å². The van der Waals surface area contributed by atoms with E-state index in [1.54, 1.807) is 0 Å². The molecule has 2 N–H and O–H groups in total. The topological polar surface area (TPSA) is 95.7 Å². The Morgan fingerprint density at radius 1 is 1.33 bits per heavy atom. The van der Waals surface area contributed by atoms with Crippen LogP contribution in [0.15, 0.2) is 17.5 Å². The Hall–Kier alpha value is -2.57. The van der Waals surface area contributed by atoms with Gasteiger partial charge in [-0.2, -0.15) is 15.5 Å². The smallest absolute Gasteiger partial charge is 0.234 e. The lowest BCUT2D eigenvalue weighted by atomic mass is 10.0. The molecule has 0 radical (unpaired) electrons. The molecule has 0 spiro atoms. The molecule has 0 aliphatic carbocycles. The van der Waals surface area contributed by atoms with Gasteiger partial charge in [-0.15, -0.1) is 11.3 Å². The molecular formula is C12H8N4OS. The summed E-state index contributed by atoms with van der Waals surface area (Å²) in [4.78, 5) is 4.71. The third-order valence-corrected chi connectivity index (χ3v) is 3.26. The zero-order valence-electron chi connectivity index (χ0n) is 9.47. The van der Waals surface area contributed by atoms with Crippen LogP contribution in [0, 0.1) is 22.7 Å². The lowest BCUT2D eigenvalue weighted by Crippen LogP contribution is -2.03. The van der Waals surface area contributed by atoms with Gasteiger partial charge in [-0.05, 0) is 11.4 Å². The molecule has 0 amide bonds. The second-order valence-electron chi connectivity index (χ2n) is 3.33. The van der Waals surface area contributed by atoms with E-state index in [0.29, 0.717) is 5.56 Å². The minimum Gasteiger partial charge on any atom is -0.480 e. The van der Waals surface area contributed by atoms with Crippen LogP contribution >= 0.6 is 11.3 Å². The van der Waals surface area contributed by atoms with Crippen molar-refractivity contribution in [3.63, 3.8) is 0 Å². The normalized spacial score (nSPS) is 9.50. The number of methoxy groups -OCH3 is 1. The summed E-state index contributed by atoms with van der Waals surface area (Å²) in [6, 6.07) is 7.67. The summed E-state index contributed by atoms with van der Waals surface area (Å²) >= 11 is 1.42. The fourth-order valence-electron chi connectivity index (χ4n) is 1.61. The summed E-state index contributed by atoms with van der Waals surface area (Å²) in [5.74, 6) is 0.203. The molecule has 2 heterocycles. The number of thiophene rings is 1. The number of nitriles is 2. The van der Waals surface area contributed by atoms with Crippen LogP contribution in [0.3, 0.4) is 0 Å². The molecule has 0 atom stereocenters. The summed E-state index contributed by atoms with van der Waals surface area (Å²) in [6.45, 7) is 0. The monoisotopic (exact) mass is 256 g/mol. The first-order valence-electron chi connectivity index (χ1n) is 4.94. The molecule has 0 saturated heterocycles. The minimum absolute atomic E-state index is 0.0664. The maximum absolute atomic E-state index is 9.22. The van der Waals surface area contributed by atoms with E-state index in [2.05, 4.69) is 4.98 Å². The Kier molecular flexibility index (Phi) is 3.13. The van der Waals surface area contributed by atoms with Crippen LogP contribution in [-0.4, -0.2) is 12.1 Å². The number of nitrogen functional groups attached to an aromatic ring is 1. The number of nitrogens with two attached hydrogens (primary N) is 1. The Labute approximate surface area is 108 Å². The molecule has 0 aromatic carbocycles. The van der Waals surface area contributed by atoms with E-state index in [1.807, 2.05) is 29.7 Å². The molecule has 0 aliphatic heterocycles. The van der Waals surface area contributed by atoms with Crippen molar-refractivity contribution in [3.05, 3.63) is 28.6 Å².